The van der Waals surface area contributed by atoms with Crippen LogP contribution in [-0.4, -0.2) is 28.5 Å². The van der Waals surface area contributed by atoms with Crippen molar-refractivity contribution in [2.24, 2.45) is 5.92 Å². The van der Waals surface area contributed by atoms with Gasteiger partial charge in [0.2, 0.25) is 5.95 Å². The molecule has 2 rings (SSSR count). The van der Waals surface area contributed by atoms with E-state index in [1.807, 2.05) is 45.3 Å². The maximum absolute atomic E-state index is 4.46. The molecule has 2 N–H and O–H groups in total. The molecule has 0 bridgehead atoms. The molecule has 0 aliphatic heterocycles. The third-order valence-corrected chi connectivity index (χ3v) is 4.16. The number of pyridine rings is 1. The van der Waals surface area contributed by atoms with Gasteiger partial charge in [0, 0.05) is 31.5 Å². The highest BCUT2D eigenvalue weighted by Gasteiger charge is 2.03. The summed E-state index contributed by atoms with van der Waals surface area (Å²) >= 11 is 0. The molecule has 0 spiro atoms. The predicted molar refractivity (Wildman–Crippen MR) is 124 cm³/mol. The fraction of sp³-hybridized carbons (Fsp3) is 0.609. The van der Waals surface area contributed by atoms with Gasteiger partial charge in [0.05, 0.1) is 5.69 Å². The second-order valence-electron chi connectivity index (χ2n) is 6.56. The van der Waals surface area contributed by atoms with Crippen molar-refractivity contribution < 1.29 is 0 Å². The summed E-state index contributed by atoms with van der Waals surface area (Å²) in [6, 6.07) is 5.92. The Labute approximate surface area is 172 Å². The molecular formula is C23H41N5. The number of anilines is 2. The SMILES string of the molecule is CC.CCCC.CCCC(C)CCNc1ccc(-c2ccnc(NC)n2)cn1. The maximum atomic E-state index is 4.46. The molecule has 2 aromatic rings. The van der Waals surface area contributed by atoms with E-state index in [9.17, 15) is 0 Å². The highest BCUT2D eigenvalue weighted by atomic mass is 15.1. The maximum Gasteiger partial charge on any atom is 0.222 e. The number of aromatic nitrogens is 3. The first-order chi connectivity index (χ1) is 13.6. The zero-order chi connectivity index (χ0) is 21.2. The number of unbranched alkanes of at least 4 members (excludes halogenated alkanes) is 1. The Kier molecular flexibility index (Phi) is 15.6. The minimum atomic E-state index is 0.615. The summed E-state index contributed by atoms with van der Waals surface area (Å²) in [5.41, 5.74) is 1.86. The summed E-state index contributed by atoms with van der Waals surface area (Å²) in [5, 5.41) is 6.32. The minimum Gasteiger partial charge on any atom is -0.370 e. The van der Waals surface area contributed by atoms with Crippen LogP contribution in [0.2, 0.25) is 0 Å². The van der Waals surface area contributed by atoms with E-state index in [0.29, 0.717) is 5.95 Å². The van der Waals surface area contributed by atoms with Crippen molar-refractivity contribution in [3.05, 3.63) is 30.6 Å². The van der Waals surface area contributed by atoms with Gasteiger partial charge in [-0.2, -0.15) is 0 Å². The lowest BCUT2D eigenvalue weighted by atomic mass is 10.0. The molecule has 0 radical (unpaired) electrons. The largest absolute Gasteiger partial charge is 0.370 e. The van der Waals surface area contributed by atoms with Gasteiger partial charge < -0.3 is 10.6 Å². The van der Waals surface area contributed by atoms with Crippen LogP contribution in [0.15, 0.2) is 30.6 Å². The predicted octanol–water partition coefficient (Wildman–Crippen LogP) is 6.65. The number of hydrogen-bond acceptors (Lipinski definition) is 5. The number of nitrogens with zero attached hydrogens (tertiary/aromatic N) is 3. The lowest BCUT2D eigenvalue weighted by Crippen LogP contribution is -2.07. The second-order valence-corrected chi connectivity index (χ2v) is 6.56. The number of nitrogens with one attached hydrogen (secondary N) is 2. The van der Waals surface area contributed by atoms with Gasteiger partial charge in [-0.05, 0) is 30.5 Å². The summed E-state index contributed by atoms with van der Waals surface area (Å²) in [6.07, 6.45) is 9.95. The van der Waals surface area contributed by atoms with Crippen molar-refractivity contribution in [3.8, 4) is 11.3 Å². The third-order valence-electron chi connectivity index (χ3n) is 4.16. The Morgan fingerprint density at radius 1 is 0.929 bits per heavy atom. The Hall–Kier alpha value is -2.17. The molecule has 5 nitrogen and oxygen atoms in total. The molecular weight excluding hydrogens is 346 g/mol. The van der Waals surface area contributed by atoms with Crippen LogP contribution >= 0.6 is 0 Å². The summed E-state index contributed by atoms with van der Waals surface area (Å²) in [6.45, 7) is 13.9. The fourth-order valence-corrected chi connectivity index (χ4v) is 2.37. The first-order valence-electron chi connectivity index (χ1n) is 10.9. The second kappa shape index (κ2) is 17.0. The molecule has 158 valence electrons. The first-order valence-corrected chi connectivity index (χ1v) is 10.9. The number of rotatable bonds is 9. The van der Waals surface area contributed by atoms with E-state index in [1.165, 1.54) is 32.1 Å². The molecule has 1 unspecified atom stereocenters. The van der Waals surface area contributed by atoms with E-state index in [0.717, 1.165) is 29.5 Å². The van der Waals surface area contributed by atoms with Crippen molar-refractivity contribution in [1.82, 2.24) is 15.0 Å². The van der Waals surface area contributed by atoms with Gasteiger partial charge >= 0.3 is 0 Å². The summed E-state index contributed by atoms with van der Waals surface area (Å²) in [7, 11) is 1.81. The molecule has 28 heavy (non-hydrogen) atoms. The Balaban J connectivity index is 0.00000108. The standard InChI is InChI=1S/C17H25N5.C4H10.C2H6/c1-4-5-13(2)8-10-19-16-7-6-14(12-21-16)15-9-11-20-17(18-3)22-15;1-3-4-2;1-2/h6-7,9,11-13H,4-5,8,10H2,1-3H3,(H,19,21)(H,18,20,22);3-4H2,1-2H3;1-2H3. The van der Waals surface area contributed by atoms with Crippen LogP contribution in [-0.2, 0) is 0 Å². The van der Waals surface area contributed by atoms with E-state index < -0.39 is 0 Å². The van der Waals surface area contributed by atoms with E-state index in [-0.39, 0.29) is 0 Å². The smallest absolute Gasteiger partial charge is 0.222 e. The molecule has 2 aromatic heterocycles. The van der Waals surface area contributed by atoms with Crippen molar-refractivity contribution in [3.63, 3.8) is 0 Å². The average molecular weight is 388 g/mol. The third kappa shape index (κ3) is 10.9. The highest BCUT2D eigenvalue weighted by Crippen LogP contribution is 2.18. The molecule has 1 atom stereocenters. The van der Waals surface area contributed by atoms with E-state index in [1.54, 1.807) is 6.20 Å². The molecule has 2 heterocycles. The Morgan fingerprint density at radius 3 is 2.18 bits per heavy atom. The van der Waals surface area contributed by atoms with Gasteiger partial charge in [-0.1, -0.05) is 67.2 Å². The van der Waals surface area contributed by atoms with E-state index in [4.69, 9.17) is 0 Å². The molecule has 0 saturated carbocycles. The molecule has 0 aliphatic rings. The van der Waals surface area contributed by atoms with Gasteiger partial charge in [0.15, 0.2) is 0 Å². The Morgan fingerprint density at radius 2 is 1.64 bits per heavy atom. The minimum absolute atomic E-state index is 0.615. The van der Waals surface area contributed by atoms with Gasteiger partial charge in [-0.15, -0.1) is 0 Å². The van der Waals surface area contributed by atoms with Gasteiger partial charge in [-0.25, -0.2) is 15.0 Å². The highest BCUT2D eigenvalue weighted by molar-refractivity contribution is 5.60. The van der Waals surface area contributed by atoms with Gasteiger partial charge in [0.1, 0.15) is 5.82 Å². The molecule has 0 fully saturated rings. The molecule has 0 saturated heterocycles. The van der Waals surface area contributed by atoms with Crippen LogP contribution in [0.3, 0.4) is 0 Å². The lowest BCUT2D eigenvalue weighted by Gasteiger charge is -2.11. The molecule has 0 aliphatic carbocycles. The normalized spacial score (nSPS) is 10.7. The van der Waals surface area contributed by atoms with Gasteiger partial charge in [-0.3, -0.25) is 0 Å². The van der Waals surface area contributed by atoms with Crippen LogP contribution in [0.1, 0.15) is 73.6 Å². The topological polar surface area (TPSA) is 62.7 Å². The van der Waals surface area contributed by atoms with Crippen LogP contribution < -0.4 is 10.6 Å². The fourth-order valence-electron chi connectivity index (χ4n) is 2.37. The van der Waals surface area contributed by atoms with Crippen molar-refractivity contribution in [1.29, 1.82) is 0 Å². The monoisotopic (exact) mass is 387 g/mol. The first kappa shape index (κ1) is 25.8. The zero-order valence-corrected chi connectivity index (χ0v) is 19.0. The van der Waals surface area contributed by atoms with Crippen molar-refractivity contribution in [2.45, 2.75) is 73.6 Å². The molecule has 5 heteroatoms. The quantitative estimate of drug-likeness (QED) is 0.504. The summed E-state index contributed by atoms with van der Waals surface area (Å²) in [5.74, 6) is 2.29. The van der Waals surface area contributed by atoms with Crippen LogP contribution in [0.25, 0.3) is 11.3 Å². The van der Waals surface area contributed by atoms with E-state index >= 15 is 0 Å². The van der Waals surface area contributed by atoms with Crippen LogP contribution in [0.4, 0.5) is 11.8 Å². The zero-order valence-electron chi connectivity index (χ0n) is 19.0. The molecule has 0 amide bonds. The van der Waals surface area contributed by atoms with Crippen molar-refractivity contribution >= 4 is 11.8 Å². The summed E-state index contributed by atoms with van der Waals surface area (Å²) in [4.78, 5) is 13.0. The van der Waals surface area contributed by atoms with Crippen LogP contribution in [0.5, 0.6) is 0 Å². The van der Waals surface area contributed by atoms with Crippen LogP contribution in [0, 0.1) is 5.92 Å². The number of hydrogen-bond donors (Lipinski definition) is 2. The molecule has 0 aromatic carbocycles. The lowest BCUT2D eigenvalue weighted by molar-refractivity contribution is 0.499. The van der Waals surface area contributed by atoms with Crippen molar-refractivity contribution in [2.75, 3.05) is 24.2 Å². The van der Waals surface area contributed by atoms with Gasteiger partial charge in [0.25, 0.3) is 0 Å². The Bertz CT molecular complexity index is 596. The summed E-state index contributed by atoms with van der Waals surface area (Å²) < 4.78 is 0. The average Bonchev–Trinajstić information content (AvgIpc) is 2.76. The van der Waals surface area contributed by atoms with E-state index in [2.05, 4.69) is 53.3 Å².